The van der Waals surface area contributed by atoms with Crippen molar-refractivity contribution in [3.05, 3.63) is 54.0 Å². The highest BCUT2D eigenvalue weighted by atomic mass is 35.5. The fourth-order valence-electron chi connectivity index (χ4n) is 3.04. The number of carbonyl (C=O) groups excluding carboxylic acids is 1. The fourth-order valence-corrected chi connectivity index (χ4v) is 3.04. The second-order valence-corrected chi connectivity index (χ2v) is 7.12. The van der Waals surface area contributed by atoms with Crippen LogP contribution in [0, 0.1) is 5.92 Å². The Labute approximate surface area is 172 Å². The molecule has 2 heterocycles. The van der Waals surface area contributed by atoms with Crippen molar-refractivity contribution >= 4 is 18.3 Å². The Hall–Kier alpha value is -2.02. The largest absolute Gasteiger partial charge is 0.493 e. The van der Waals surface area contributed by atoms with Crippen molar-refractivity contribution in [3.8, 4) is 5.75 Å². The van der Waals surface area contributed by atoms with Crippen molar-refractivity contribution in [2.45, 2.75) is 19.9 Å². The van der Waals surface area contributed by atoms with Gasteiger partial charge in [0.1, 0.15) is 11.5 Å². The van der Waals surface area contributed by atoms with Gasteiger partial charge in [-0.2, -0.15) is 0 Å². The van der Waals surface area contributed by atoms with Crippen LogP contribution < -0.4 is 10.1 Å². The molecule has 0 radical (unpaired) electrons. The van der Waals surface area contributed by atoms with E-state index in [0.717, 1.165) is 24.6 Å². The van der Waals surface area contributed by atoms with Gasteiger partial charge in [-0.05, 0) is 42.3 Å². The van der Waals surface area contributed by atoms with E-state index in [1.54, 1.807) is 18.4 Å². The quantitative estimate of drug-likeness (QED) is 0.723. The maximum Gasteiger partial charge on any atom is 0.251 e. The molecular weight excluding hydrogens is 380 g/mol. The molecule has 154 valence electrons. The molecule has 0 aliphatic carbocycles. The molecule has 1 saturated heterocycles. The van der Waals surface area contributed by atoms with E-state index in [0.29, 0.717) is 37.8 Å². The van der Waals surface area contributed by atoms with E-state index >= 15 is 0 Å². The zero-order valence-corrected chi connectivity index (χ0v) is 17.2. The third-order valence-electron chi connectivity index (χ3n) is 4.51. The van der Waals surface area contributed by atoms with Crippen molar-refractivity contribution in [1.82, 2.24) is 10.2 Å². The van der Waals surface area contributed by atoms with E-state index in [1.807, 2.05) is 24.3 Å². The Morgan fingerprint density at radius 3 is 2.50 bits per heavy atom. The Bertz CT molecular complexity index is 698. The SMILES string of the molecule is CC(C)COc1ccc(C(=O)NCC(c2ccco2)N2CCOCC2)cc1.Cl. The number of benzene rings is 1. The van der Waals surface area contributed by atoms with Crippen molar-refractivity contribution in [3.63, 3.8) is 0 Å². The zero-order chi connectivity index (χ0) is 19.1. The van der Waals surface area contributed by atoms with Crippen molar-refractivity contribution in [2.75, 3.05) is 39.5 Å². The maximum atomic E-state index is 12.6. The molecule has 6 nitrogen and oxygen atoms in total. The molecule has 1 aromatic carbocycles. The number of halogens is 1. The van der Waals surface area contributed by atoms with Gasteiger partial charge in [-0.3, -0.25) is 9.69 Å². The molecule has 1 N–H and O–H groups in total. The molecular formula is C21H29ClN2O4. The molecule has 1 unspecified atom stereocenters. The molecule has 1 aromatic heterocycles. The third-order valence-corrected chi connectivity index (χ3v) is 4.51. The molecule has 28 heavy (non-hydrogen) atoms. The van der Waals surface area contributed by atoms with Crippen LogP contribution >= 0.6 is 12.4 Å². The molecule has 1 aliphatic heterocycles. The topological polar surface area (TPSA) is 63.9 Å². The van der Waals surface area contributed by atoms with Gasteiger partial charge in [-0.25, -0.2) is 0 Å². The first kappa shape index (κ1) is 22.3. The van der Waals surface area contributed by atoms with Gasteiger partial charge in [0.2, 0.25) is 0 Å². The number of morpholine rings is 1. The number of nitrogens with zero attached hydrogens (tertiary/aromatic N) is 1. The summed E-state index contributed by atoms with van der Waals surface area (Å²) < 4.78 is 16.7. The molecule has 0 bridgehead atoms. The molecule has 0 spiro atoms. The van der Waals surface area contributed by atoms with Gasteiger partial charge in [-0.1, -0.05) is 13.8 Å². The number of carbonyl (C=O) groups is 1. The summed E-state index contributed by atoms with van der Waals surface area (Å²) in [4.78, 5) is 14.8. The summed E-state index contributed by atoms with van der Waals surface area (Å²) >= 11 is 0. The summed E-state index contributed by atoms with van der Waals surface area (Å²) in [5, 5.41) is 3.03. The number of rotatable bonds is 8. The lowest BCUT2D eigenvalue weighted by Gasteiger charge is -2.33. The average molecular weight is 409 g/mol. The van der Waals surface area contributed by atoms with Crippen LogP contribution in [0.15, 0.2) is 47.1 Å². The third kappa shape index (κ3) is 6.26. The smallest absolute Gasteiger partial charge is 0.251 e. The number of amides is 1. The highest BCUT2D eigenvalue weighted by Crippen LogP contribution is 2.22. The van der Waals surface area contributed by atoms with Crippen LogP contribution in [0.5, 0.6) is 5.75 Å². The Balaban J connectivity index is 0.00000280. The molecule has 0 saturated carbocycles. The summed E-state index contributed by atoms with van der Waals surface area (Å²) in [5.41, 5.74) is 0.618. The predicted molar refractivity (Wildman–Crippen MR) is 110 cm³/mol. The van der Waals surface area contributed by atoms with E-state index in [1.165, 1.54) is 0 Å². The van der Waals surface area contributed by atoms with Gasteiger partial charge in [0.05, 0.1) is 32.1 Å². The molecule has 3 rings (SSSR count). The van der Waals surface area contributed by atoms with Gasteiger partial charge < -0.3 is 19.2 Å². The first-order valence-corrected chi connectivity index (χ1v) is 9.49. The van der Waals surface area contributed by atoms with Gasteiger partial charge in [0.15, 0.2) is 0 Å². The van der Waals surface area contributed by atoms with Gasteiger partial charge in [0, 0.05) is 25.2 Å². The maximum absolute atomic E-state index is 12.6. The number of hydrogen-bond donors (Lipinski definition) is 1. The lowest BCUT2D eigenvalue weighted by molar-refractivity contribution is 0.0118. The monoisotopic (exact) mass is 408 g/mol. The first-order valence-electron chi connectivity index (χ1n) is 9.49. The highest BCUT2D eigenvalue weighted by molar-refractivity contribution is 5.94. The van der Waals surface area contributed by atoms with Crippen LogP contribution in [0.2, 0.25) is 0 Å². The molecule has 1 aliphatic rings. The van der Waals surface area contributed by atoms with Gasteiger partial charge >= 0.3 is 0 Å². The summed E-state index contributed by atoms with van der Waals surface area (Å²) in [6.45, 7) is 8.39. The fraction of sp³-hybridized carbons (Fsp3) is 0.476. The van der Waals surface area contributed by atoms with Gasteiger partial charge in [0.25, 0.3) is 5.91 Å². The number of ether oxygens (including phenoxy) is 2. The number of hydrogen-bond acceptors (Lipinski definition) is 5. The molecule has 1 fully saturated rings. The van der Waals surface area contributed by atoms with E-state index in [9.17, 15) is 4.79 Å². The minimum atomic E-state index is -0.102. The number of furan rings is 1. The molecule has 1 amide bonds. The van der Waals surface area contributed by atoms with Crippen LogP contribution in [0.1, 0.15) is 36.0 Å². The standard InChI is InChI=1S/C21H28N2O4.ClH/c1-16(2)15-27-18-7-5-17(6-8-18)21(24)22-14-19(20-4-3-11-26-20)23-9-12-25-13-10-23;/h3-8,11,16,19H,9-10,12-15H2,1-2H3,(H,22,24);1H. The second kappa shape index (κ2) is 11.1. The number of nitrogens with one attached hydrogen (secondary N) is 1. The summed E-state index contributed by atoms with van der Waals surface area (Å²) in [5.74, 6) is 2.00. The van der Waals surface area contributed by atoms with Crippen molar-refractivity contribution < 1.29 is 18.7 Å². The Morgan fingerprint density at radius 1 is 1.18 bits per heavy atom. The highest BCUT2D eigenvalue weighted by Gasteiger charge is 2.25. The first-order chi connectivity index (χ1) is 13.1. The van der Waals surface area contributed by atoms with E-state index in [-0.39, 0.29) is 24.4 Å². The van der Waals surface area contributed by atoms with Gasteiger partial charge in [-0.15, -0.1) is 12.4 Å². The molecule has 2 aromatic rings. The molecule has 7 heteroatoms. The Kier molecular flexibility index (Phi) is 8.83. The van der Waals surface area contributed by atoms with Crippen molar-refractivity contribution in [2.24, 2.45) is 5.92 Å². The zero-order valence-electron chi connectivity index (χ0n) is 16.4. The summed E-state index contributed by atoms with van der Waals surface area (Å²) in [7, 11) is 0. The second-order valence-electron chi connectivity index (χ2n) is 7.12. The minimum Gasteiger partial charge on any atom is -0.493 e. The minimum absolute atomic E-state index is 0. The van der Waals surface area contributed by atoms with Crippen molar-refractivity contribution in [1.29, 1.82) is 0 Å². The predicted octanol–water partition coefficient (Wildman–Crippen LogP) is 3.54. The summed E-state index contributed by atoms with van der Waals surface area (Å²) in [6, 6.07) is 11.1. The van der Waals surface area contributed by atoms with Crippen LogP contribution in [0.3, 0.4) is 0 Å². The normalized spacial score (nSPS) is 15.7. The lowest BCUT2D eigenvalue weighted by atomic mass is 10.1. The van der Waals surface area contributed by atoms with Crippen LogP contribution in [0.25, 0.3) is 0 Å². The van der Waals surface area contributed by atoms with E-state index in [2.05, 4.69) is 24.1 Å². The van der Waals surface area contributed by atoms with Crippen LogP contribution in [-0.2, 0) is 4.74 Å². The average Bonchev–Trinajstić information content (AvgIpc) is 3.22. The van der Waals surface area contributed by atoms with Crippen LogP contribution in [0.4, 0.5) is 0 Å². The van der Waals surface area contributed by atoms with Crippen LogP contribution in [-0.4, -0.2) is 50.3 Å². The Morgan fingerprint density at radius 2 is 1.89 bits per heavy atom. The summed E-state index contributed by atoms with van der Waals surface area (Å²) in [6.07, 6.45) is 1.67. The van der Waals surface area contributed by atoms with E-state index < -0.39 is 0 Å². The van der Waals surface area contributed by atoms with E-state index in [4.69, 9.17) is 13.9 Å². The molecule has 1 atom stereocenters. The lowest BCUT2D eigenvalue weighted by Crippen LogP contribution is -2.43.